The van der Waals surface area contributed by atoms with Crippen molar-refractivity contribution < 1.29 is 71.6 Å². The van der Waals surface area contributed by atoms with Gasteiger partial charge in [-0.2, -0.15) is 0 Å². The van der Waals surface area contributed by atoms with Gasteiger partial charge in [0.1, 0.15) is 0 Å². The average Bonchev–Trinajstić information content (AvgIpc) is 2.50. The number of amidine groups is 2. The zero-order valence-electron chi connectivity index (χ0n) is 16.5. The molecule has 0 spiro atoms. The van der Waals surface area contributed by atoms with Gasteiger partial charge in [0, 0.05) is 44.0 Å². The minimum atomic E-state index is -1.75. The number of nitrogens with zero attached hydrogens (tertiary/aromatic N) is 6. The summed E-state index contributed by atoms with van der Waals surface area (Å²) in [5.41, 5.74) is 0. The van der Waals surface area contributed by atoms with Crippen LogP contribution in [0.2, 0.25) is 0 Å². The van der Waals surface area contributed by atoms with Gasteiger partial charge < -0.3 is 51.8 Å². The van der Waals surface area contributed by atoms with Crippen LogP contribution in [-0.4, -0.2) is 95.5 Å². The summed E-state index contributed by atoms with van der Waals surface area (Å²) in [6, 6.07) is 0.280. The van der Waals surface area contributed by atoms with E-state index in [9.17, 15) is 10.2 Å². The van der Waals surface area contributed by atoms with E-state index >= 15 is 0 Å². The van der Waals surface area contributed by atoms with Crippen LogP contribution in [0.3, 0.4) is 0 Å². The summed E-state index contributed by atoms with van der Waals surface area (Å²) in [6.07, 6.45) is 2.19. The van der Waals surface area contributed by atoms with Gasteiger partial charge in [-0.1, -0.05) is 0 Å². The van der Waals surface area contributed by atoms with Crippen LogP contribution in [0, 0.1) is 61.8 Å². The van der Waals surface area contributed by atoms with E-state index in [1.807, 2.05) is 28.2 Å². The van der Waals surface area contributed by atoms with Crippen LogP contribution in [0.25, 0.3) is 0 Å². The van der Waals surface area contributed by atoms with E-state index in [-0.39, 0.29) is 54.1 Å². The second-order valence-electron chi connectivity index (χ2n) is 5.41. The quantitative estimate of drug-likeness (QED) is 0.143. The molecule has 0 N–H and O–H groups in total. The van der Waals surface area contributed by atoms with Crippen molar-refractivity contribution in [1.29, 1.82) is 0 Å². The molecule has 2 aliphatic heterocycles. The minimum absolute atomic E-state index is 0. The van der Waals surface area contributed by atoms with Crippen LogP contribution in [0.5, 0.6) is 0 Å². The molecule has 2 rings (SSSR count). The first-order chi connectivity index (χ1) is 11.9. The van der Waals surface area contributed by atoms with Crippen LogP contribution in [0.15, 0.2) is 0 Å². The molecule has 0 radical (unpaired) electrons. The van der Waals surface area contributed by atoms with E-state index in [2.05, 4.69) is 0 Å². The molecule has 0 unspecified atom stereocenters. The Morgan fingerprint density at radius 2 is 0.966 bits per heavy atom. The third kappa shape index (κ3) is 22.1. The van der Waals surface area contributed by atoms with Crippen LogP contribution < -0.4 is 10.2 Å². The summed E-state index contributed by atoms with van der Waals surface area (Å²) >= 11 is 0. The summed E-state index contributed by atoms with van der Waals surface area (Å²) in [5, 5.41) is 51.5. The van der Waals surface area contributed by atoms with Gasteiger partial charge in [-0.05, 0) is 0 Å². The molecule has 172 valence electrons. The van der Waals surface area contributed by atoms with E-state index < -0.39 is 10.2 Å². The molecule has 29 heavy (non-hydrogen) atoms. The molecule has 16 nitrogen and oxygen atoms in total. The summed E-state index contributed by atoms with van der Waals surface area (Å²) in [7, 11) is 7.33. The van der Waals surface area contributed by atoms with Crippen LogP contribution in [0.4, 0.5) is 0 Å². The molecule has 0 saturated heterocycles. The fraction of sp³-hybridized carbons (Fsp3) is 0.833. The molecule has 0 aromatic heterocycles. The SMILES string of the molecule is CN1CCC[N+](C)=C1[O-].CN1CCC[N+](C)=C1[O-].O=[N+]([O-])[O-].O=[N+]([O-])[O-].[O-2].[O-2].[U]. The summed E-state index contributed by atoms with van der Waals surface area (Å²) in [4.78, 5) is 20.0. The second-order valence-corrected chi connectivity index (χ2v) is 5.41. The molecule has 0 saturated carbocycles. The predicted octanol–water partition coefficient (Wildman–Crippen LogP) is -3.35. The second kappa shape index (κ2) is 20.6. The molecule has 0 aromatic rings. The molecule has 0 fully saturated rings. The van der Waals surface area contributed by atoms with Crippen molar-refractivity contribution in [2.75, 3.05) is 54.4 Å². The number of hydrogen-bond acceptors (Lipinski definition) is 10. The maximum Gasteiger partial charge on any atom is 0.215 e. The van der Waals surface area contributed by atoms with E-state index in [4.69, 9.17) is 30.6 Å². The summed E-state index contributed by atoms with van der Waals surface area (Å²) in [5.74, 6) is 0. The molecule has 0 atom stereocenters. The van der Waals surface area contributed by atoms with Gasteiger partial charge in [0.15, 0.2) is 0 Å². The molecule has 0 amide bonds. The first-order valence-corrected chi connectivity index (χ1v) is 7.45. The number of hydrogen-bond donors (Lipinski definition) is 0. The van der Waals surface area contributed by atoms with Crippen molar-refractivity contribution in [2.24, 2.45) is 0 Å². The van der Waals surface area contributed by atoms with E-state index in [1.165, 1.54) is 0 Å². The van der Waals surface area contributed by atoms with Crippen molar-refractivity contribution >= 4 is 12.0 Å². The Labute approximate surface area is 191 Å². The maximum absolute atomic E-state index is 11.0. The minimum Gasteiger partial charge on any atom is -2.00 e. The van der Waals surface area contributed by atoms with Crippen LogP contribution in [0.1, 0.15) is 12.8 Å². The molecule has 17 heteroatoms. The molecule has 0 aromatic carbocycles. The summed E-state index contributed by atoms with van der Waals surface area (Å²) < 4.78 is 3.48. The van der Waals surface area contributed by atoms with Gasteiger partial charge in [0.2, 0.25) is 12.0 Å². The Kier molecular flexibility index (Phi) is 26.8. The normalized spacial score (nSPS) is 14.6. The molecule has 0 bridgehead atoms. The maximum atomic E-state index is 11.0. The van der Waals surface area contributed by atoms with Crippen LogP contribution in [-0.2, 0) is 11.0 Å². The number of rotatable bonds is 0. The first kappa shape index (κ1) is 37.6. The smallest absolute Gasteiger partial charge is 0.215 e. The molecule has 0 aliphatic carbocycles. The van der Waals surface area contributed by atoms with E-state index in [0.29, 0.717) is 0 Å². The Morgan fingerprint density at radius 3 is 1.10 bits per heavy atom. The Morgan fingerprint density at radius 1 is 0.759 bits per heavy atom. The van der Waals surface area contributed by atoms with Crippen molar-refractivity contribution in [1.82, 2.24) is 9.80 Å². The molecular weight excluding hydrogens is 626 g/mol. The largest absolute Gasteiger partial charge is 2.00 e. The van der Waals surface area contributed by atoms with E-state index in [1.54, 1.807) is 19.0 Å². The van der Waals surface area contributed by atoms with Gasteiger partial charge in [-0.15, -0.1) is 0 Å². The van der Waals surface area contributed by atoms with Crippen molar-refractivity contribution in [3.63, 3.8) is 0 Å². The van der Waals surface area contributed by atoms with Crippen molar-refractivity contribution in [3.8, 4) is 0 Å². The zero-order chi connectivity index (χ0) is 20.9. The first-order valence-electron chi connectivity index (χ1n) is 7.45. The molecule has 2 aliphatic rings. The zero-order valence-corrected chi connectivity index (χ0v) is 20.7. The van der Waals surface area contributed by atoms with Gasteiger partial charge in [0.25, 0.3) is 0 Å². The topological polar surface area (TPSA) is 248 Å². The monoisotopic (exact) mass is 650 g/mol. The van der Waals surface area contributed by atoms with Gasteiger partial charge in [-0.25, -0.2) is 0 Å². The predicted molar refractivity (Wildman–Crippen MR) is 88.7 cm³/mol. The Bertz CT molecular complexity index is 479. The van der Waals surface area contributed by atoms with Gasteiger partial charge in [0.05, 0.1) is 64.5 Å². The standard InChI is InChI=1S/2C6H12N2O.2NO3.2O.U/c2*1-7-4-3-5-8(2)6(7)9;2*2-1(3)4;;;/h2*3-5H2,1-2H3;;;;;/q;;2*-1;2*-2;. The fourth-order valence-electron chi connectivity index (χ4n) is 2.06. The van der Waals surface area contributed by atoms with E-state index in [0.717, 1.165) is 39.0 Å². The molecule has 2 heterocycles. The van der Waals surface area contributed by atoms with Crippen LogP contribution >= 0.6 is 0 Å². The fourth-order valence-corrected chi connectivity index (χ4v) is 2.06. The third-order valence-corrected chi connectivity index (χ3v) is 3.28. The van der Waals surface area contributed by atoms with Crippen molar-refractivity contribution in [2.45, 2.75) is 12.8 Å². The summed E-state index contributed by atoms with van der Waals surface area (Å²) in [6.45, 7) is 3.62. The Hall–Kier alpha value is -2.09. The average molecular weight is 650 g/mol. The van der Waals surface area contributed by atoms with Gasteiger partial charge in [-0.3, -0.25) is 19.0 Å². The third-order valence-electron chi connectivity index (χ3n) is 3.28. The molecular formula is C12H24N6O10U-6. The van der Waals surface area contributed by atoms with Crippen molar-refractivity contribution in [3.05, 3.63) is 30.6 Å². The Balaban J connectivity index is -0.0000000912. The van der Waals surface area contributed by atoms with Gasteiger partial charge >= 0.3 is 0 Å².